The molecule has 2 heterocycles. The van der Waals surface area contributed by atoms with Crippen LogP contribution >= 0.6 is 0 Å². The van der Waals surface area contributed by atoms with Crippen molar-refractivity contribution in [2.24, 2.45) is 0 Å². The number of nitrogens with one attached hydrogen (secondary N) is 2. The number of hydrogen-bond donors (Lipinski definition) is 2. The van der Waals surface area contributed by atoms with Crippen molar-refractivity contribution in [3.8, 4) is 5.82 Å². The lowest BCUT2D eigenvalue weighted by Crippen LogP contribution is -2.30. The standard InChI is InChI=1S/C16H18N6O2S/c23-25(24,13-14-5-2-1-3-6-14)19-11-10-17-15-7-8-16(21-20-15)22-12-4-9-18-22/h1-9,12,19H,10-11,13H2,(H,17,20). The number of rotatable bonds is 8. The summed E-state index contributed by atoms with van der Waals surface area (Å²) in [6, 6.07) is 14.4. The van der Waals surface area contributed by atoms with E-state index < -0.39 is 10.0 Å². The number of benzene rings is 1. The molecule has 0 aliphatic carbocycles. The van der Waals surface area contributed by atoms with Gasteiger partial charge in [0.15, 0.2) is 5.82 Å². The Morgan fingerprint density at radius 3 is 2.48 bits per heavy atom. The Bertz CT molecular complexity index is 880. The average Bonchev–Trinajstić information content (AvgIpc) is 3.14. The maximum atomic E-state index is 12.0. The predicted octanol–water partition coefficient (Wildman–Crippen LogP) is 1.19. The smallest absolute Gasteiger partial charge is 0.215 e. The third-order valence-corrected chi connectivity index (χ3v) is 4.70. The summed E-state index contributed by atoms with van der Waals surface area (Å²) in [6.45, 7) is 0.668. The van der Waals surface area contributed by atoms with Crippen molar-refractivity contribution >= 4 is 15.8 Å². The molecule has 0 bridgehead atoms. The van der Waals surface area contributed by atoms with E-state index >= 15 is 0 Å². The first-order valence-corrected chi connectivity index (χ1v) is 9.36. The second-order valence-electron chi connectivity index (χ2n) is 5.29. The molecule has 0 saturated carbocycles. The van der Waals surface area contributed by atoms with Gasteiger partial charge < -0.3 is 5.32 Å². The number of nitrogens with zero attached hydrogens (tertiary/aromatic N) is 4. The average molecular weight is 358 g/mol. The van der Waals surface area contributed by atoms with Crippen LogP contribution in [0.1, 0.15) is 5.56 Å². The zero-order chi connectivity index (χ0) is 17.5. The normalized spacial score (nSPS) is 11.4. The SMILES string of the molecule is O=S(=O)(Cc1ccccc1)NCCNc1ccc(-n2cccn2)nn1. The monoisotopic (exact) mass is 358 g/mol. The van der Waals surface area contributed by atoms with Crippen molar-refractivity contribution in [3.05, 3.63) is 66.5 Å². The van der Waals surface area contributed by atoms with Crippen LogP contribution in [0.5, 0.6) is 0 Å². The molecule has 0 unspecified atom stereocenters. The Balaban J connectivity index is 1.45. The summed E-state index contributed by atoms with van der Waals surface area (Å²) < 4.78 is 28.2. The molecular formula is C16H18N6O2S. The van der Waals surface area contributed by atoms with Gasteiger partial charge in [-0.25, -0.2) is 17.8 Å². The Labute approximate surface area is 146 Å². The second-order valence-corrected chi connectivity index (χ2v) is 7.10. The van der Waals surface area contributed by atoms with Gasteiger partial charge in [-0.1, -0.05) is 30.3 Å². The van der Waals surface area contributed by atoms with E-state index in [1.807, 2.05) is 18.2 Å². The Kier molecular flexibility index (Phi) is 5.36. The summed E-state index contributed by atoms with van der Waals surface area (Å²) in [7, 11) is -3.36. The van der Waals surface area contributed by atoms with Crippen LogP contribution in [-0.4, -0.2) is 41.5 Å². The fourth-order valence-electron chi connectivity index (χ4n) is 2.19. The molecule has 2 aromatic heterocycles. The van der Waals surface area contributed by atoms with Crippen molar-refractivity contribution in [2.75, 3.05) is 18.4 Å². The first-order chi connectivity index (χ1) is 12.1. The molecule has 130 valence electrons. The van der Waals surface area contributed by atoms with Gasteiger partial charge >= 0.3 is 0 Å². The highest BCUT2D eigenvalue weighted by Crippen LogP contribution is 2.06. The van der Waals surface area contributed by atoms with E-state index in [1.165, 1.54) is 0 Å². The van der Waals surface area contributed by atoms with Gasteiger partial charge in [0.25, 0.3) is 0 Å². The Morgan fingerprint density at radius 1 is 0.960 bits per heavy atom. The summed E-state index contributed by atoms with van der Waals surface area (Å²) in [5, 5.41) is 15.2. The fraction of sp³-hybridized carbons (Fsp3) is 0.188. The van der Waals surface area contributed by atoms with Gasteiger partial charge in [0.2, 0.25) is 10.0 Å². The number of aromatic nitrogens is 4. The van der Waals surface area contributed by atoms with Crippen LogP contribution in [-0.2, 0) is 15.8 Å². The maximum absolute atomic E-state index is 12.0. The minimum absolute atomic E-state index is 0.0355. The van der Waals surface area contributed by atoms with Crippen molar-refractivity contribution in [2.45, 2.75) is 5.75 Å². The quantitative estimate of drug-likeness (QED) is 0.587. The Hall–Kier alpha value is -2.78. The van der Waals surface area contributed by atoms with Crippen LogP contribution in [0.4, 0.5) is 5.82 Å². The van der Waals surface area contributed by atoms with Crippen molar-refractivity contribution < 1.29 is 8.42 Å². The lowest BCUT2D eigenvalue weighted by Gasteiger charge is -2.08. The van der Waals surface area contributed by atoms with Crippen LogP contribution in [0.2, 0.25) is 0 Å². The molecule has 0 spiro atoms. The van der Waals surface area contributed by atoms with Gasteiger partial charge in [-0.15, -0.1) is 10.2 Å². The van der Waals surface area contributed by atoms with E-state index in [1.54, 1.807) is 47.4 Å². The second kappa shape index (κ2) is 7.86. The molecular weight excluding hydrogens is 340 g/mol. The van der Waals surface area contributed by atoms with Crippen LogP contribution in [0.15, 0.2) is 60.9 Å². The number of hydrogen-bond acceptors (Lipinski definition) is 6. The lowest BCUT2D eigenvalue weighted by molar-refractivity contribution is 0.582. The largest absolute Gasteiger partial charge is 0.367 e. The fourth-order valence-corrected chi connectivity index (χ4v) is 3.33. The summed E-state index contributed by atoms with van der Waals surface area (Å²) in [4.78, 5) is 0. The van der Waals surface area contributed by atoms with Crippen molar-refractivity contribution in [3.63, 3.8) is 0 Å². The summed E-state index contributed by atoms with van der Waals surface area (Å²) in [5.41, 5.74) is 0.753. The molecule has 0 atom stereocenters. The molecule has 0 radical (unpaired) electrons. The molecule has 0 saturated heterocycles. The molecule has 0 aliphatic heterocycles. The molecule has 2 N–H and O–H groups in total. The highest BCUT2D eigenvalue weighted by atomic mass is 32.2. The summed E-state index contributed by atoms with van der Waals surface area (Å²) >= 11 is 0. The van der Waals surface area contributed by atoms with Crippen LogP contribution in [0.3, 0.4) is 0 Å². The van der Waals surface area contributed by atoms with E-state index in [0.29, 0.717) is 18.2 Å². The molecule has 0 amide bonds. The summed E-state index contributed by atoms with van der Waals surface area (Å²) in [5.74, 6) is 1.14. The minimum Gasteiger partial charge on any atom is -0.367 e. The van der Waals surface area contributed by atoms with Crippen molar-refractivity contribution in [1.29, 1.82) is 0 Å². The maximum Gasteiger partial charge on any atom is 0.215 e. The van der Waals surface area contributed by atoms with Crippen LogP contribution in [0, 0.1) is 0 Å². The molecule has 3 rings (SSSR count). The topological polar surface area (TPSA) is 102 Å². The molecule has 25 heavy (non-hydrogen) atoms. The molecule has 3 aromatic rings. The van der Waals surface area contributed by atoms with E-state index in [-0.39, 0.29) is 12.3 Å². The number of anilines is 1. The molecule has 8 nitrogen and oxygen atoms in total. The van der Waals surface area contributed by atoms with Gasteiger partial charge in [-0.3, -0.25) is 0 Å². The predicted molar refractivity (Wildman–Crippen MR) is 94.7 cm³/mol. The third kappa shape index (κ3) is 5.10. The summed E-state index contributed by atoms with van der Waals surface area (Å²) in [6.07, 6.45) is 3.44. The highest BCUT2D eigenvalue weighted by Gasteiger charge is 2.10. The number of sulfonamides is 1. The van der Waals surface area contributed by atoms with E-state index in [2.05, 4.69) is 25.3 Å². The van der Waals surface area contributed by atoms with Gasteiger partial charge in [-0.2, -0.15) is 5.10 Å². The van der Waals surface area contributed by atoms with Crippen LogP contribution < -0.4 is 10.0 Å². The molecule has 9 heteroatoms. The van der Waals surface area contributed by atoms with Crippen molar-refractivity contribution in [1.82, 2.24) is 24.7 Å². The van der Waals surface area contributed by atoms with E-state index in [9.17, 15) is 8.42 Å². The minimum atomic E-state index is -3.36. The van der Waals surface area contributed by atoms with E-state index in [0.717, 1.165) is 5.56 Å². The first kappa shape index (κ1) is 17.1. The first-order valence-electron chi connectivity index (χ1n) is 7.71. The zero-order valence-electron chi connectivity index (χ0n) is 13.4. The van der Waals surface area contributed by atoms with Gasteiger partial charge in [0.05, 0.1) is 5.75 Å². The van der Waals surface area contributed by atoms with Crippen LogP contribution in [0.25, 0.3) is 5.82 Å². The van der Waals surface area contributed by atoms with E-state index in [4.69, 9.17) is 0 Å². The zero-order valence-corrected chi connectivity index (χ0v) is 14.2. The van der Waals surface area contributed by atoms with Gasteiger partial charge in [0.1, 0.15) is 5.82 Å². The van der Waals surface area contributed by atoms with Gasteiger partial charge in [-0.05, 0) is 23.8 Å². The lowest BCUT2D eigenvalue weighted by atomic mass is 10.2. The Morgan fingerprint density at radius 2 is 1.80 bits per heavy atom. The third-order valence-electron chi connectivity index (χ3n) is 3.34. The molecule has 0 aliphatic rings. The van der Waals surface area contributed by atoms with Gasteiger partial charge in [0, 0.05) is 25.5 Å². The highest BCUT2D eigenvalue weighted by molar-refractivity contribution is 7.88. The molecule has 0 fully saturated rings. The molecule has 1 aromatic carbocycles.